The second-order valence-electron chi connectivity index (χ2n) is 14.3. The standard InChI is InChI=1S/C53H36N7O3.Zn/c61-53(62)36-14-19-40(20-15-36)63-35-9-1-2-13-41-45-24-26-47(57-45)42(21-16-37-10-3-6-32-54-37)49-28-30-51(59-49)44(23-18-39-12-5-8-34-56-39)52-31-29-50(60-52)43(48-27-25-46(41)58-48)22-17-38-11-4-7-33-55-38;/h3-8,10-12,14-15,19-20,24-34H,1-2,9,13,35H2,(H2-,54,55,56,57,58,59,60,61,62);/q-1;+2/p-1. The molecule has 0 fully saturated rings. The molecular weight excluding hydrogens is 848 g/mol. The van der Waals surface area contributed by atoms with Crippen LogP contribution in [0.2, 0.25) is 0 Å². The summed E-state index contributed by atoms with van der Waals surface area (Å²) in [5, 5.41) is 9.22. The van der Waals surface area contributed by atoms with Crippen molar-refractivity contribution >= 4 is 52.3 Å². The molecule has 0 aliphatic carbocycles. The van der Waals surface area contributed by atoms with Gasteiger partial charge in [0.1, 0.15) is 22.8 Å². The maximum Gasteiger partial charge on any atom is 2.00 e. The molecule has 8 bridgehead atoms. The van der Waals surface area contributed by atoms with Crippen LogP contribution in [0, 0.1) is 35.5 Å². The van der Waals surface area contributed by atoms with Crippen LogP contribution in [-0.4, -0.2) is 42.6 Å². The molecule has 0 unspecified atom stereocenters. The number of aromatic nitrogens is 7. The average molecular weight is 883 g/mol. The molecular formula is C53H35N7O3Zn. The van der Waals surface area contributed by atoms with Crippen molar-refractivity contribution in [3.05, 3.63) is 189 Å². The van der Waals surface area contributed by atoms with Crippen LogP contribution in [0.1, 0.15) is 91.7 Å². The fraction of sp³-hybridized carbons (Fsp3) is 0.0943. The Hall–Kier alpha value is -8.16. The summed E-state index contributed by atoms with van der Waals surface area (Å²) in [5.41, 5.74) is 10.4. The van der Waals surface area contributed by atoms with Crippen molar-refractivity contribution in [2.45, 2.75) is 25.7 Å². The van der Waals surface area contributed by atoms with Crippen LogP contribution in [0.25, 0.3) is 46.4 Å². The molecule has 9 rings (SSSR count). The summed E-state index contributed by atoms with van der Waals surface area (Å²) in [6.45, 7) is 0.497. The number of nitrogens with zero attached hydrogens (tertiary/aromatic N) is 7. The molecule has 0 atom stereocenters. The van der Waals surface area contributed by atoms with E-state index in [0.717, 1.165) is 36.0 Å². The smallest absolute Gasteiger partial charge is 0.656 e. The first-order valence-corrected chi connectivity index (χ1v) is 20.3. The number of aromatic carboxylic acids is 1. The van der Waals surface area contributed by atoms with Crippen molar-refractivity contribution in [1.29, 1.82) is 0 Å². The number of pyridine rings is 3. The van der Waals surface area contributed by atoms with Crippen molar-refractivity contribution in [3.63, 3.8) is 0 Å². The number of carboxylic acids is 1. The van der Waals surface area contributed by atoms with Crippen LogP contribution in [0.3, 0.4) is 0 Å². The Labute approximate surface area is 382 Å². The van der Waals surface area contributed by atoms with E-state index in [4.69, 9.17) is 24.7 Å². The summed E-state index contributed by atoms with van der Waals surface area (Å²) in [4.78, 5) is 45.2. The van der Waals surface area contributed by atoms with Crippen molar-refractivity contribution in [1.82, 2.24) is 34.9 Å². The van der Waals surface area contributed by atoms with Gasteiger partial charge in [0.25, 0.3) is 0 Å². The normalized spacial score (nSPS) is 10.9. The Morgan fingerprint density at radius 3 is 1.44 bits per heavy atom. The van der Waals surface area contributed by atoms with E-state index in [1.54, 1.807) is 42.9 Å². The van der Waals surface area contributed by atoms with Gasteiger partial charge in [-0.05, 0) is 134 Å². The van der Waals surface area contributed by atoms with Crippen molar-refractivity contribution in [2.24, 2.45) is 0 Å². The molecule has 7 aromatic rings. The third-order valence-electron chi connectivity index (χ3n) is 10.1. The fourth-order valence-corrected chi connectivity index (χ4v) is 6.94. The van der Waals surface area contributed by atoms with Crippen LogP contribution in [-0.2, 0) is 25.9 Å². The van der Waals surface area contributed by atoms with Crippen molar-refractivity contribution < 1.29 is 34.1 Å². The second-order valence-corrected chi connectivity index (χ2v) is 14.3. The molecule has 10 nitrogen and oxygen atoms in total. The number of benzene rings is 1. The SMILES string of the molecule is O=C(O)c1ccc(OCCCCCc2c3nc(c(C#Cc4ccccn4)c4ccc([n-]4)c(C#Cc4ccccn4)c4nc(c(C#Cc5ccccn5)c5ccc2[n-]5)C=C4)C=C3)cc1.[Zn+2]. The number of ether oxygens (including phenoxy) is 1. The van der Waals surface area contributed by atoms with Gasteiger partial charge in [-0.3, -0.25) is 0 Å². The van der Waals surface area contributed by atoms with E-state index in [-0.39, 0.29) is 25.0 Å². The molecule has 0 saturated heterocycles. The first-order chi connectivity index (χ1) is 31.0. The number of fused-ring (bicyclic) bond motifs is 8. The maximum atomic E-state index is 11.2. The predicted octanol–water partition coefficient (Wildman–Crippen LogP) is 8.79. The number of hydrogen-bond acceptors (Lipinski definition) is 7. The zero-order valence-electron chi connectivity index (χ0n) is 34.5. The number of carbonyl (C=O) groups is 1. The van der Waals surface area contributed by atoms with Gasteiger partial charge in [-0.15, -0.1) is 22.1 Å². The Balaban J connectivity index is 0.00000560. The fourth-order valence-electron chi connectivity index (χ4n) is 6.94. The van der Waals surface area contributed by atoms with Gasteiger partial charge in [0.2, 0.25) is 0 Å². The summed E-state index contributed by atoms with van der Waals surface area (Å²) in [6, 6.07) is 31.2. The Morgan fingerprint density at radius 2 is 0.969 bits per heavy atom. The summed E-state index contributed by atoms with van der Waals surface area (Å²) < 4.78 is 5.92. The maximum absolute atomic E-state index is 11.2. The van der Waals surface area contributed by atoms with Crippen LogP contribution in [0.5, 0.6) is 5.75 Å². The molecule has 8 heterocycles. The molecule has 0 saturated carbocycles. The molecule has 302 valence electrons. The molecule has 0 radical (unpaired) electrons. The number of unbranched alkanes of at least 4 members (excludes halogenated alkanes) is 2. The van der Waals surface area contributed by atoms with Gasteiger partial charge in [0.05, 0.1) is 34.9 Å². The summed E-state index contributed by atoms with van der Waals surface area (Å²) in [7, 11) is 0. The summed E-state index contributed by atoms with van der Waals surface area (Å²) in [6.07, 6.45) is 16.2. The van der Waals surface area contributed by atoms with Gasteiger partial charge in [0, 0.05) is 35.3 Å². The third kappa shape index (κ3) is 10.1. The Morgan fingerprint density at radius 1 is 0.516 bits per heavy atom. The zero-order chi connectivity index (χ0) is 42.8. The van der Waals surface area contributed by atoms with E-state index in [1.165, 1.54) is 0 Å². The Kier molecular flexibility index (Phi) is 13.4. The quantitative estimate of drug-likeness (QED) is 0.0895. The van der Waals surface area contributed by atoms with Gasteiger partial charge in [-0.1, -0.05) is 60.2 Å². The monoisotopic (exact) mass is 881 g/mol. The molecule has 1 N–H and O–H groups in total. The minimum Gasteiger partial charge on any atom is -0.656 e. The van der Waals surface area contributed by atoms with Gasteiger partial charge in [-0.25, -0.2) is 29.7 Å². The topological polar surface area (TPSA) is 139 Å². The number of aryl methyl sites for hydroxylation is 1. The van der Waals surface area contributed by atoms with Gasteiger partial charge in [0.15, 0.2) is 0 Å². The summed E-state index contributed by atoms with van der Waals surface area (Å²) >= 11 is 0. The largest absolute Gasteiger partial charge is 2.00 e. The van der Waals surface area contributed by atoms with E-state index in [2.05, 4.69) is 50.5 Å². The van der Waals surface area contributed by atoms with Gasteiger partial charge < -0.3 is 19.8 Å². The van der Waals surface area contributed by atoms with E-state index in [9.17, 15) is 9.90 Å². The minimum atomic E-state index is -0.969. The second kappa shape index (κ2) is 20.1. The molecule has 1 aromatic carbocycles. The zero-order valence-corrected chi connectivity index (χ0v) is 37.5. The molecule has 64 heavy (non-hydrogen) atoms. The predicted molar refractivity (Wildman–Crippen MR) is 244 cm³/mol. The minimum absolute atomic E-state index is 0. The van der Waals surface area contributed by atoms with E-state index >= 15 is 0 Å². The first-order valence-electron chi connectivity index (χ1n) is 20.3. The van der Waals surface area contributed by atoms with Gasteiger partial charge in [-0.2, -0.15) is 0 Å². The molecule has 0 spiro atoms. The van der Waals surface area contributed by atoms with Crippen molar-refractivity contribution in [2.75, 3.05) is 6.61 Å². The van der Waals surface area contributed by atoms with Crippen LogP contribution >= 0.6 is 0 Å². The van der Waals surface area contributed by atoms with Crippen LogP contribution < -0.4 is 14.7 Å². The van der Waals surface area contributed by atoms with E-state index < -0.39 is 5.97 Å². The molecule has 11 heteroatoms. The average Bonchev–Trinajstić information content (AvgIpc) is 4.18. The molecule has 0 amide bonds. The molecule has 2 aliphatic rings. The van der Waals surface area contributed by atoms with Gasteiger partial charge >= 0.3 is 25.4 Å². The number of rotatable bonds is 8. The molecule has 2 aliphatic heterocycles. The van der Waals surface area contributed by atoms with Crippen LogP contribution in [0.15, 0.2) is 122 Å². The van der Waals surface area contributed by atoms with E-state index in [1.807, 2.05) is 103 Å². The van der Waals surface area contributed by atoms with E-state index in [0.29, 0.717) is 86.2 Å². The first kappa shape index (κ1) is 42.5. The Bertz CT molecular complexity index is 3220. The third-order valence-corrected chi connectivity index (χ3v) is 10.1. The van der Waals surface area contributed by atoms with Crippen LogP contribution in [0.4, 0.5) is 0 Å². The molecule has 6 aromatic heterocycles. The number of hydrogen-bond donors (Lipinski definition) is 1. The summed E-state index contributed by atoms with van der Waals surface area (Å²) in [5.74, 6) is 19.4. The van der Waals surface area contributed by atoms with Crippen molar-refractivity contribution in [3.8, 4) is 41.3 Å². The number of carboxylic acid groups (broad SMARTS) is 1.